The second-order valence-corrected chi connectivity index (χ2v) is 6.67. The summed E-state index contributed by atoms with van der Waals surface area (Å²) >= 11 is 0. The number of urea groups is 1. The highest BCUT2D eigenvalue weighted by atomic mass is 16.5. The van der Waals surface area contributed by atoms with Gasteiger partial charge in [0.1, 0.15) is 5.75 Å². The molecule has 0 radical (unpaired) electrons. The highest BCUT2D eigenvalue weighted by Gasteiger charge is 2.23. The van der Waals surface area contributed by atoms with E-state index >= 15 is 0 Å². The van der Waals surface area contributed by atoms with Gasteiger partial charge in [0.2, 0.25) is 0 Å². The van der Waals surface area contributed by atoms with E-state index in [-0.39, 0.29) is 6.03 Å². The summed E-state index contributed by atoms with van der Waals surface area (Å²) in [5.74, 6) is 2.28. The summed E-state index contributed by atoms with van der Waals surface area (Å²) in [4.78, 5) is 16.6. The van der Waals surface area contributed by atoms with Gasteiger partial charge in [-0.1, -0.05) is 12.1 Å². The Labute approximate surface area is 169 Å². The molecule has 0 atom stereocenters. The molecule has 1 saturated heterocycles. The van der Waals surface area contributed by atoms with Gasteiger partial charge < -0.3 is 24.4 Å². The third-order valence-corrected chi connectivity index (χ3v) is 4.82. The average molecular weight is 392 g/mol. The number of nitrogens with zero attached hydrogens (tertiary/aromatic N) is 5. The monoisotopic (exact) mass is 392 g/mol. The van der Waals surface area contributed by atoms with E-state index in [4.69, 9.17) is 4.74 Å². The number of aromatic nitrogens is 3. The quantitative estimate of drug-likeness (QED) is 0.722. The second kappa shape index (κ2) is 8.64. The Morgan fingerprint density at radius 2 is 1.66 bits per heavy atom. The van der Waals surface area contributed by atoms with Crippen molar-refractivity contribution in [1.29, 1.82) is 0 Å². The molecule has 3 aromatic rings. The van der Waals surface area contributed by atoms with Crippen LogP contribution in [0.3, 0.4) is 0 Å². The standard InChI is InChI=1S/C21H24N6O2/c1-2-29-18-8-4-3-7-17(18)22-21(28)27-15-13-26(14-16-27)20-10-9-19(23-24-20)25-11-5-6-12-25/h3-12H,2,13-16H2,1H3,(H,22,28). The van der Waals surface area contributed by atoms with Gasteiger partial charge in [0.25, 0.3) is 0 Å². The summed E-state index contributed by atoms with van der Waals surface area (Å²) < 4.78 is 7.49. The minimum absolute atomic E-state index is 0.120. The molecule has 3 heterocycles. The molecule has 4 rings (SSSR count). The van der Waals surface area contributed by atoms with E-state index in [0.29, 0.717) is 44.2 Å². The van der Waals surface area contributed by atoms with Crippen LogP contribution in [0.25, 0.3) is 5.82 Å². The van der Waals surface area contributed by atoms with Crippen LogP contribution in [0.4, 0.5) is 16.3 Å². The summed E-state index contributed by atoms with van der Waals surface area (Å²) in [6, 6.07) is 15.2. The summed E-state index contributed by atoms with van der Waals surface area (Å²) in [6.45, 7) is 5.12. The van der Waals surface area contributed by atoms with Crippen molar-refractivity contribution in [3.05, 3.63) is 60.9 Å². The Kier molecular flexibility index (Phi) is 5.60. The number of piperazine rings is 1. The van der Waals surface area contributed by atoms with Gasteiger partial charge in [0, 0.05) is 38.6 Å². The number of para-hydroxylation sites is 2. The Morgan fingerprint density at radius 3 is 2.34 bits per heavy atom. The van der Waals surface area contributed by atoms with Gasteiger partial charge in [-0.05, 0) is 43.3 Å². The molecule has 1 aliphatic rings. The van der Waals surface area contributed by atoms with E-state index in [1.165, 1.54) is 0 Å². The molecule has 0 spiro atoms. The van der Waals surface area contributed by atoms with Crippen molar-refractivity contribution in [2.75, 3.05) is 43.0 Å². The van der Waals surface area contributed by atoms with Crippen molar-refractivity contribution >= 4 is 17.5 Å². The molecule has 0 aliphatic carbocycles. The lowest BCUT2D eigenvalue weighted by molar-refractivity contribution is 0.208. The maximum absolute atomic E-state index is 12.7. The number of nitrogens with one attached hydrogen (secondary N) is 1. The highest BCUT2D eigenvalue weighted by molar-refractivity contribution is 5.91. The van der Waals surface area contributed by atoms with Gasteiger partial charge in [0.05, 0.1) is 12.3 Å². The molecule has 29 heavy (non-hydrogen) atoms. The van der Waals surface area contributed by atoms with E-state index in [1.807, 2.05) is 72.4 Å². The first-order chi connectivity index (χ1) is 14.2. The van der Waals surface area contributed by atoms with E-state index in [1.54, 1.807) is 4.90 Å². The predicted molar refractivity (Wildman–Crippen MR) is 112 cm³/mol. The number of anilines is 2. The van der Waals surface area contributed by atoms with Crippen molar-refractivity contribution in [1.82, 2.24) is 19.7 Å². The first-order valence-electron chi connectivity index (χ1n) is 9.74. The number of ether oxygens (including phenoxy) is 1. The zero-order valence-corrected chi connectivity index (χ0v) is 16.4. The fraction of sp³-hybridized carbons (Fsp3) is 0.286. The Hall–Kier alpha value is -3.55. The molecule has 2 aromatic heterocycles. The van der Waals surface area contributed by atoms with Crippen LogP contribution in [0.1, 0.15) is 6.92 Å². The van der Waals surface area contributed by atoms with Crippen molar-refractivity contribution < 1.29 is 9.53 Å². The summed E-state index contributed by atoms with van der Waals surface area (Å²) in [5.41, 5.74) is 0.688. The van der Waals surface area contributed by atoms with Crippen molar-refractivity contribution in [2.24, 2.45) is 0 Å². The Bertz CT molecular complexity index is 934. The SMILES string of the molecule is CCOc1ccccc1NC(=O)N1CCN(c2ccc(-n3cccc3)nn2)CC1. The van der Waals surface area contributed by atoms with Gasteiger partial charge in [0.15, 0.2) is 11.6 Å². The molecule has 1 N–H and O–H groups in total. The zero-order chi connectivity index (χ0) is 20.1. The second-order valence-electron chi connectivity index (χ2n) is 6.67. The molecule has 0 unspecified atom stereocenters. The molecule has 1 aliphatic heterocycles. The van der Waals surface area contributed by atoms with Crippen LogP contribution < -0.4 is 15.0 Å². The van der Waals surface area contributed by atoms with Crippen LogP contribution in [-0.2, 0) is 0 Å². The smallest absolute Gasteiger partial charge is 0.322 e. The minimum Gasteiger partial charge on any atom is -0.492 e. The largest absolute Gasteiger partial charge is 0.492 e. The Balaban J connectivity index is 1.34. The van der Waals surface area contributed by atoms with Crippen LogP contribution >= 0.6 is 0 Å². The molecule has 0 bridgehead atoms. The van der Waals surface area contributed by atoms with Gasteiger partial charge in [-0.3, -0.25) is 0 Å². The lowest BCUT2D eigenvalue weighted by Gasteiger charge is -2.35. The molecular formula is C21H24N6O2. The summed E-state index contributed by atoms with van der Waals surface area (Å²) in [7, 11) is 0. The lowest BCUT2D eigenvalue weighted by atomic mass is 10.3. The highest BCUT2D eigenvalue weighted by Crippen LogP contribution is 2.24. The lowest BCUT2D eigenvalue weighted by Crippen LogP contribution is -2.50. The van der Waals surface area contributed by atoms with E-state index in [0.717, 1.165) is 11.6 Å². The third kappa shape index (κ3) is 4.31. The normalized spacial score (nSPS) is 14.0. The Morgan fingerprint density at radius 1 is 0.966 bits per heavy atom. The maximum atomic E-state index is 12.7. The fourth-order valence-electron chi connectivity index (χ4n) is 3.30. The van der Waals surface area contributed by atoms with Gasteiger partial charge >= 0.3 is 6.03 Å². The maximum Gasteiger partial charge on any atom is 0.322 e. The number of benzene rings is 1. The summed E-state index contributed by atoms with van der Waals surface area (Å²) in [5, 5.41) is 11.6. The van der Waals surface area contributed by atoms with E-state index in [9.17, 15) is 4.79 Å². The van der Waals surface area contributed by atoms with Crippen molar-refractivity contribution in [3.63, 3.8) is 0 Å². The van der Waals surface area contributed by atoms with Crippen LogP contribution in [-0.4, -0.2) is 58.5 Å². The molecule has 2 amide bonds. The van der Waals surface area contributed by atoms with E-state index < -0.39 is 0 Å². The molecule has 1 aromatic carbocycles. The van der Waals surface area contributed by atoms with Crippen molar-refractivity contribution in [2.45, 2.75) is 6.92 Å². The van der Waals surface area contributed by atoms with Crippen LogP contribution in [0.5, 0.6) is 5.75 Å². The van der Waals surface area contributed by atoms with Gasteiger partial charge in [-0.25, -0.2) is 4.79 Å². The van der Waals surface area contributed by atoms with Crippen LogP contribution in [0, 0.1) is 0 Å². The molecule has 8 heteroatoms. The number of rotatable bonds is 5. The third-order valence-electron chi connectivity index (χ3n) is 4.82. The predicted octanol–water partition coefficient (Wildman–Crippen LogP) is 3.02. The minimum atomic E-state index is -0.120. The first kappa shape index (κ1) is 18.8. The number of hydrogen-bond donors (Lipinski definition) is 1. The molecule has 8 nitrogen and oxygen atoms in total. The molecular weight excluding hydrogens is 368 g/mol. The molecule has 150 valence electrons. The zero-order valence-electron chi connectivity index (χ0n) is 16.4. The van der Waals surface area contributed by atoms with Gasteiger partial charge in [-0.15, -0.1) is 10.2 Å². The summed E-state index contributed by atoms with van der Waals surface area (Å²) in [6.07, 6.45) is 3.87. The molecule has 0 saturated carbocycles. The van der Waals surface area contributed by atoms with Crippen molar-refractivity contribution in [3.8, 4) is 11.6 Å². The van der Waals surface area contributed by atoms with Gasteiger partial charge in [-0.2, -0.15) is 0 Å². The average Bonchev–Trinajstić information content (AvgIpc) is 3.30. The number of amides is 2. The topological polar surface area (TPSA) is 75.5 Å². The van der Waals surface area contributed by atoms with Crippen LogP contribution in [0.15, 0.2) is 60.9 Å². The molecule has 1 fully saturated rings. The fourth-order valence-corrected chi connectivity index (χ4v) is 3.30. The van der Waals surface area contributed by atoms with Crippen LogP contribution in [0.2, 0.25) is 0 Å². The number of carbonyl (C=O) groups is 1. The first-order valence-corrected chi connectivity index (χ1v) is 9.74. The van der Waals surface area contributed by atoms with E-state index in [2.05, 4.69) is 20.4 Å². The number of carbonyl (C=O) groups excluding carboxylic acids is 1. The number of hydrogen-bond acceptors (Lipinski definition) is 5.